The van der Waals surface area contributed by atoms with Crippen LogP contribution in [-0.4, -0.2) is 41.1 Å². The number of aromatic nitrogens is 3. The lowest BCUT2D eigenvalue weighted by atomic mass is 10.2. The quantitative estimate of drug-likeness (QED) is 0.541. The molecule has 0 aliphatic carbocycles. The molecule has 0 spiro atoms. The van der Waals surface area contributed by atoms with Crippen LogP contribution in [0.1, 0.15) is 0 Å². The van der Waals surface area contributed by atoms with Gasteiger partial charge in [-0.05, 0) is 29.7 Å². The molecule has 0 bridgehead atoms. The van der Waals surface area contributed by atoms with Crippen molar-refractivity contribution in [2.75, 3.05) is 36.0 Å². The van der Waals surface area contributed by atoms with Crippen LogP contribution in [0.25, 0.3) is 20.5 Å². The van der Waals surface area contributed by atoms with E-state index in [1.165, 1.54) is 15.0 Å². The average molecular weight is 373 g/mol. The smallest absolute Gasteiger partial charge is 0.225 e. The zero-order valence-corrected chi connectivity index (χ0v) is 15.6. The Morgan fingerprint density at radius 2 is 1.52 bits per heavy atom. The van der Waals surface area contributed by atoms with Crippen LogP contribution < -0.4 is 9.80 Å². The molecule has 1 aliphatic heterocycles. The first kappa shape index (κ1) is 16.2. The number of hydrogen-bond donors (Lipinski definition) is 0. The molecule has 4 aromatic rings. The average Bonchev–Trinajstić information content (AvgIpc) is 3.19. The van der Waals surface area contributed by atoms with Gasteiger partial charge in [0.05, 0.1) is 0 Å². The number of benzene rings is 1. The maximum atomic E-state index is 4.63. The molecule has 1 saturated heterocycles. The van der Waals surface area contributed by atoms with Gasteiger partial charge in [-0.1, -0.05) is 24.3 Å². The highest BCUT2D eigenvalue weighted by Gasteiger charge is 2.19. The normalized spacial score (nSPS) is 14.7. The lowest BCUT2D eigenvalue weighted by Crippen LogP contribution is -2.47. The number of thiophene rings is 1. The third-order valence-corrected chi connectivity index (χ3v) is 6.05. The molecule has 4 heterocycles. The first-order valence-corrected chi connectivity index (χ1v) is 9.90. The summed E-state index contributed by atoms with van der Waals surface area (Å²) in [5, 5.41) is 1.27. The monoisotopic (exact) mass is 373 g/mol. The van der Waals surface area contributed by atoms with Gasteiger partial charge >= 0.3 is 0 Å². The summed E-state index contributed by atoms with van der Waals surface area (Å²) in [6.45, 7) is 3.66. The minimum atomic E-state index is 0.806. The molecule has 3 aromatic heterocycles. The van der Waals surface area contributed by atoms with Crippen molar-refractivity contribution < 1.29 is 0 Å². The summed E-state index contributed by atoms with van der Waals surface area (Å²) in [4.78, 5) is 19.5. The lowest BCUT2D eigenvalue weighted by molar-refractivity contribution is 0.635. The number of pyridine rings is 1. The van der Waals surface area contributed by atoms with Gasteiger partial charge in [-0.2, -0.15) is 0 Å². The molecule has 0 atom stereocenters. The van der Waals surface area contributed by atoms with Crippen molar-refractivity contribution in [2.24, 2.45) is 0 Å². The van der Waals surface area contributed by atoms with Crippen molar-refractivity contribution in [3.8, 4) is 10.4 Å². The van der Waals surface area contributed by atoms with Gasteiger partial charge in [-0.3, -0.25) is 0 Å². The van der Waals surface area contributed by atoms with Crippen molar-refractivity contribution in [2.45, 2.75) is 0 Å². The first-order valence-electron chi connectivity index (χ1n) is 9.09. The minimum absolute atomic E-state index is 0.806. The van der Waals surface area contributed by atoms with Crippen molar-refractivity contribution in [3.63, 3.8) is 0 Å². The largest absolute Gasteiger partial charge is 0.353 e. The van der Waals surface area contributed by atoms with Crippen LogP contribution in [0, 0.1) is 0 Å². The Kier molecular flexibility index (Phi) is 4.18. The molecule has 27 heavy (non-hydrogen) atoms. The minimum Gasteiger partial charge on any atom is -0.353 e. The fourth-order valence-electron chi connectivity index (χ4n) is 3.41. The van der Waals surface area contributed by atoms with Gasteiger partial charge in [0.15, 0.2) is 0 Å². The van der Waals surface area contributed by atoms with Gasteiger partial charge in [0.2, 0.25) is 5.95 Å². The number of fused-ring (bicyclic) bond motifs is 1. The van der Waals surface area contributed by atoms with Crippen molar-refractivity contribution in [1.29, 1.82) is 0 Å². The summed E-state index contributed by atoms with van der Waals surface area (Å²) >= 11 is 1.78. The number of hydrogen-bond acceptors (Lipinski definition) is 6. The van der Waals surface area contributed by atoms with Crippen LogP contribution in [0.3, 0.4) is 0 Å². The number of piperazine rings is 1. The van der Waals surface area contributed by atoms with Crippen molar-refractivity contribution in [1.82, 2.24) is 15.0 Å². The molecule has 134 valence electrons. The van der Waals surface area contributed by atoms with Gasteiger partial charge in [-0.25, -0.2) is 15.0 Å². The van der Waals surface area contributed by atoms with Crippen LogP contribution in [0.4, 0.5) is 11.8 Å². The van der Waals surface area contributed by atoms with Crippen LogP contribution in [0.5, 0.6) is 0 Å². The predicted octanol–water partition coefficient (Wildman–Crippen LogP) is 4.08. The fraction of sp³-hybridized carbons (Fsp3) is 0.190. The van der Waals surface area contributed by atoms with E-state index in [4.69, 9.17) is 0 Å². The molecule has 0 amide bonds. The molecular weight excluding hydrogens is 354 g/mol. The Labute approximate surface area is 162 Å². The predicted molar refractivity (Wildman–Crippen MR) is 112 cm³/mol. The van der Waals surface area contributed by atoms with E-state index in [1.807, 2.05) is 30.7 Å². The zero-order valence-electron chi connectivity index (χ0n) is 14.8. The van der Waals surface area contributed by atoms with E-state index < -0.39 is 0 Å². The summed E-state index contributed by atoms with van der Waals surface area (Å²) in [6.07, 6.45) is 5.73. The summed E-state index contributed by atoms with van der Waals surface area (Å²) in [6, 6.07) is 16.7. The molecule has 1 aliphatic rings. The lowest BCUT2D eigenvalue weighted by Gasteiger charge is -2.35. The highest BCUT2D eigenvalue weighted by Crippen LogP contribution is 2.33. The number of anilines is 2. The third-order valence-electron chi connectivity index (χ3n) is 4.88. The molecule has 5 rings (SSSR count). The Hall–Kier alpha value is -2.99. The van der Waals surface area contributed by atoms with Crippen molar-refractivity contribution >= 4 is 33.2 Å². The molecule has 0 saturated carbocycles. The zero-order chi connectivity index (χ0) is 18.1. The molecule has 1 fully saturated rings. The van der Waals surface area contributed by atoms with Crippen LogP contribution in [-0.2, 0) is 0 Å². The molecule has 0 N–H and O–H groups in total. The van der Waals surface area contributed by atoms with Crippen LogP contribution in [0.2, 0.25) is 0 Å². The number of rotatable bonds is 3. The molecule has 1 aromatic carbocycles. The second kappa shape index (κ2) is 6.96. The Balaban J connectivity index is 1.29. The maximum Gasteiger partial charge on any atom is 0.225 e. The summed E-state index contributed by atoms with van der Waals surface area (Å²) < 4.78 is 1.29. The summed E-state index contributed by atoms with van der Waals surface area (Å²) in [5.74, 6) is 1.85. The fourth-order valence-corrected chi connectivity index (χ4v) is 4.45. The van der Waals surface area contributed by atoms with Crippen LogP contribution >= 0.6 is 11.3 Å². The van der Waals surface area contributed by atoms with Gasteiger partial charge in [0, 0.05) is 59.9 Å². The Morgan fingerprint density at radius 3 is 2.26 bits per heavy atom. The molecule has 0 unspecified atom stereocenters. The van der Waals surface area contributed by atoms with E-state index >= 15 is 0 Å². The molecule has 5 nitrogen and oxygen atoms in total. The van der Waals surface area contributed by atoms with Gasteiger partial charge < -0.3 is 9.80 Å². The summed E-state index contributed by atoms with van der Waals surface area (Å²) in [5.41, 5.74) is 1.08. The van der Waals surface area contributed by atoms with E-state index in [9.17, 15) is 0 Å². The highest BCUT2D eigenvalue weighted by molar-refractivity contribution is 7.22. The standard InChI is InChI=1S/C21H19N5S/c1-2-6-18-16(5-1)13-19(27-18)17-14-23-21(24-15-17)26-11-9-25(10-12-26)20-7-3-4-8-22-20/h1-8,13-15H,9-12H2. The molecular formula is C21H19N5S. The highest BCUT2D eigenvalue weighted by atomic mass is 32.1. The van der Waals surface area contributed by atoms with Gasteiger partial charge in [0.25, 0.3) is 0 Å². The van der Waals surface area contributed by atoms with Crippen molar-refractivity contribution in [3.05, 3.63) is 67.1 Å². The Bertz CT molecular complexity index is 1000. The molecule has 6 heteroatoms. The third kappa shape index (κ3) is 3.24. The summed E-state index contributed by atoms with van der Waals surface area (Å²) in [7, 11) is 0. The first-order chi connectivity index (χ1) is 13.4. The van der Waals surface area contributed by atoms with E-state index in [-0.39, 0.29) is 0 Å². The second-order valence-electron chi connectivity index (χ2n) is 6.58. The molecule has 0 radical (unpaired) electrons. The maximum absolute atomic E-state index is 4.63. The second-order valence-corrected chi connectivity index (χ2v) is 7.67. The number of nitrogens with zero attached hydrogens (tertiary/aromatic N) is 5. The van der Waals surface area contributed by atoms with E-state index in [0.29, 0.717) is 0 Å². The topological polar surface area (TPSA) is 45.2 Å². The van der Waals surface area contributed by atoms with Crippen LogP contribution in [0.15, 0.2) is 67.1 Å². The van der Waals surface area contributed by atoms with Gasteiger partial charge in [0.1, 0.15) is 5.82 Å². The van der Waals surface area contributed by atoms with E-state index in [1.54, 1.807) is 11.3 Å². The van der Waals surface area contributed by atoms with E-state index in [2.05, 4.69) is 61.1 Å². The van der Waals surface area contributed by atoms with Gasteiger partial charge in [-0.15, -0.1) is 11.3 Å². The Morgan fingerprint density at radius 1 is 0.778 bits per heavy atom. The SMILES string of the molecule is c1ccc(N2CCN(c3ncc(-c4cc5ccccc5s4)cn3)CC2)nc1. The van der Waals surface area contributed by atoms with E-state index in [0.717, 1.165) is 43.5 Å².